The molecule has 3 aromatic carbocycles. The topological polar surface area (TPSA) is 184 Å². The van der Waals surface area contributed by atoms with E-state index in [4.69, 9.17) is 24.2 Å². The summed E-state index contributed by atoms with van der Waals surface area (Å²) in [4.78, 5) is 74.2. The minimum Gasteiger partial charge on any atom is -0.453 e. The van der Waals surface area contributed by atoms with E-state index in [1.165, 1.54) is 14.2 Å². The van der Waals surface area contributed by atoms with Crippen molar-refractivity contribution >= 4 is 45.8 Å². The number of aromatic amines is 2. The highest BCUT2D eigenvalue weighted by molar-refractivity contribution is 6.05. The Balaban J connectivity index is 0.869. The van der Waals surface area contributed by atoms with Crippen LogP contribution in [0.4, 0.5) is 9.59 Å². The van der Waals surface area contributed by atoms with Gasteiger partial charge in [0.05, 0.1) is 49.2 Å². The van der Waals surface area contributed by atoms with Crippen LogP contribution >= 0.6 is 0 Å². The zero-order valence-electron chi connectivity index (χ0n) is 36.4. The minimum atomic E-state index is -0.691. The van der Waals surface area contributed by atoms with Gasteiger partial charge in [-0.25, -0.2) is 19.6 Å². The van der Waals surface area contributed by atoms with Gasteiger partial charge >= 0.3 is 12.2 Å². The lowest BCUT2D eigenvalue weighted by Crippen LogP contribution is -2.54. The largest absolute Gasteiger partial charge is 0.453 e. The number of rotatable bonds is 10. The van der Waals surface area contributed by atoms with Gasteiger partial charge in [-0.15, -0.1) is 0 Å². The van der Waals surface area contributed by atoms with Gasteiger partial charge in [-0.1, -0.05) is 63.2 Å². The summed E-state index contributed by atoms with van der Waals surface area (Å²) >= 11 is 0. The first kappa shape index (κ1) is 41.1. The molecule has 0 spiro atoms. The van der Waals surface area contributed by atoms with Gasteiger partial charge in [0.2, 0.25) is 11.8 Å². The summed E-state index contributed by atoms with van der Waals surface area (Å²) in [5, 5.41) is 7.74. The quantitative estimate of drug-likeness (QED) is 0.112. The molecule has 5 aromatic rings. The molecule has 4 N–H and O–H groups in total. The van der Waals surface area contributed by atoms with Crippen LogP contribution in [0.2, 0.25) is 0 Å². The molecule has 5 fully saturated rings. The molecule has 63 heavy (non-hydrogen) atoms. The van der Waals surface area contributed by atoms with Crippen LogP contribution < -0.4 is 10.6 Å². The molecule has 2 aliphatic carbocycles. The third-order valence-electron chi connectivity index (χ3n) is 14.8. The van der Waals surface area contributed by atoms with Crippen LogP contribution in [0, 0.1) is 29.6 Å². The van der Waals surface area contributed by atoms with Crippen molar-refractivity contribution in [3.05, 3.63) is 72.4 Å². The summed E-state index contributed by atoms with van der Waals surface area (Å²) in [7, 11) is 2.63. The van der Waals surface area contributed by atoms with Crippen molar-refractivity contribution in [3.8, 4) is 22.4 Å². The van der Waals surface area contributed by atoms with E-state index in [2.05, 4.69) is 82.1 Å². The molecule has 10 rings (SSSR count). The van der Waals surface area contributed by atoms with E-state index in [0.717, 1.165) is 81.5 Å². The van der Waals surface area contributed by atoms with E-state index in [0.29, 0.717) is 43.8 Å². The number of ether oxygens (including phenoxy) is 3. The number of likely N-dealkylation sites (tertiary alicyclic amines) is 2. The summed E-state index contributed by atoms with van der Waals surface area (Å²) in [6.07, 6.45) is 5.76. The molecule has 5 aliphatic rings. The average Bonchev–Trinajstić information content (AvgIpc) is 4.04. The van der Waals surface area contributed by atoms with Crippen molar-refractivity contribution in [1.82, 2.24) is 40.4 Å². The second kappa shape index (κ2) is 16.3. The molecule has 3 saturated heterocycles. The summed E-state index contributed by atoms with van der Waals surface area (Å²) < 4.78 is 15.4. The van der Waals surface area contributed by atoms with Gasteiger partial charge in [0, 0.05) is 30.7 Å². The summed E-state index contributed by atoms with van der Waals surface area (Å²) in [5.74, 6) is 2.33. The number of hydrogen-bond donors (Lipinski definition) is 4. The monoisotopic (exact) mass is 856 g/mol. The van der Waals surface area contributed by atoms with Gasteiger partial charge in [-0.05, 0) is 102 Å². The van der Waals surface area contributed by atoms with Crippen LogP contribution in [0.25, 0.3) is 44.2 Å². The Morgan fingerprint density at radius 2 is 1.54 bits per heavy atom. The Labute approximate surface area is 366 Å². The number of piperidine rings is 2. The van der Waals surface area contributed by atoms with Crippen LogP contribution in [-0.2, 0) is 23.8 Å². The lowest BCUT2D eigenvalue weighted by molar-refractivity contribution is -0.139. The van der Waals surface area contributed by atoms with Gasteiger partial charge in [0.15, 0.2) is 0 Å². The number of hydrogen-bond acceptors (Lipinski definition) is 9. The molecular formula is C48H56N8O7. The van der Waals surface area contributed by atoms with E-state index < -0.39 is 24.3 Å². The number of methoxy groups -OCH3 is 2. The van der Waals surface area contributed by atoms with E-state index >= 15 is 0 Å². The molecular weight excluding hydrogens is 801 g/mol. The van der Waals surface area contributed by atoms with Gasteiger partial charge in [-0.3, -0.25) is 9.59 Å². The van der Waals surface area contributed by atoms with Crippen LogP contribution in [-0.4, -0.2) is 105 Å². The number of nitrogens with zero attached hydrogens (tertiary/aromatic N) is 4. The molecule has 5 heterocycles. The fraction of sp³-hybridized carbons (Fsp3) is 0.500. The summed E-state index contributed by atoms with van der Waals surface area (Å²) in [6, 6.07) is 17.5. The molecule has 2 bridgehead atoms. The number of nitrogens with one attached hydrogen (secondary N) is 4. The molecule has 15 heteroatoms. The highest BCUT2D eigenvalue weighted by Crippen LogP contribution is 2.58. The number of aromatic nitrogens is 4. The number of carbonyl (C=O) groups is 4. The third kappa shape index (κ3) is 7.27. The number of alkyl carbamates (subject to hydrolysis) is 2. The fourth-order valence-electron chi connectivity index (χ4n) is 11.4. The van der Waals surface area contributed by atoms with Crippen molar-refractivity contribution in [3.63, 3.8) is 0 Å². The molecule has 3 aliphatic heterocycles. The molecule has 9 atom stereocenters. The standard InChI is InChI=1S/C48H56N8O7/c1-24(2)38(53-47(59)61-4)45(57)55-32-13-10-31(21-32)42(55)44-50-35-15-12-30-20-29(11-14-33(30)40(35)52-44)26-6-8-27(9-7-26)36-23-49-43(51-36)37-22-34-25(3)41(34)56(37)46(58)39(54-48(60)62-5)28-16-18-63-19-17-28/h6-9,11-12,14-15,20,23-25,28,31-32,34,37-39,41-42H,10,13,16-19,21-22H2,1-5H3,(H,49,51)(H,50,52)(H,53,59)(H,54,60)/t25-,31+,32-,34+,37+,38+,39+,41-,42+/m1/s1. The van der Waals surface area contributed by atoms with E-state index in [1.807, 2.05) is 29.8 Å². The zero-order valence-corrected chi connectivity index (χ0v) is 36.4. The third-order valence-corrected chi connectivity index (χ3v) is 14.8. The van der Waals surface area contributed by atoms with Gasteiger partial charge in [-0.2, -0.15) is 0 Å². The number of imidazole rings is 2. The lowest BCUT2D eigenvalue weighted by atomic mass is 9.90. The summed E-state index contributed by atoms with van der Waals surface area (Å²) in [5.41, 5.74) is 5.79. The van der Waals surface area contributed by atoms with Crippen LogP contribution in [0.1, 0.15) is 83.0 Å². The normalized spacial score (nSPS) is 26.2. The minimum absolute atomic E-state index is 0.0314. The number of amides is 4. The zero-order chi connectivity index (χ0) is 43.7. The average molecular weight is 857 g/mol. The maximum absolute atomic E-state index is 14.4. The highest BCUT2D eigenvalue weighted by atomic mass is 16.5. The number of fused-ring (bicyclic) bond motifs is 6. The van der Waals surface area contributed by atoms with Crippen molar-refractivity contribution in [1.29, 1.82) is 0 Å². The molecule has 0 unspecified atom stereocenters. The van der Waals surface area contributed by atoms with Gasteiger partial charge in [0.25, 0.3) is 0 Å². The van der Waals surface area contributed by atoms with Crippen molar-refractivity contribution in [2.75, 3.05) is 27.4 Å². The van der Waals surface area contributed by atoms with E-state index in [1.54, 1.807) is 0 Å². The predicted molar refractivity (Wildman–Crippen MR) is 235 cm³/mol. The van der Waals surface area contributed by atoms with Crippen LogP contribution in [0.15, 0.2) is 60.8 Å². The number of H-pyrrole nitrogens is 2. The fourth-order valence-corrected chi connectivity index (χ4v) is 11.4. The Bertz CT molecular complexity index is 2560. The number of carbonyl (C=O) groups excluding carboxylic acids is 4. The smallest absolute Gasteiger partial charge is 0.407 e. The molecule has 2 saturated carbocycles. The Kier molecular flexibility index (Phi) is 10.6. The van der Waals surface area contributed by atoms with E-state index in [-0.39, 0.29) is 47.8 Å². The molecule has 4 amide bonds. The SMILES string of the molecule is COC(=O)N[C@H](C(=O)N1[C@@H]2CC[C@@H](C2)[C@H]1c1nc2c(ccc3cc(-c4ccc(-c5cnc([C@@H]6C[C@H]7[C@@H](C)[C@H]7N6C(=O)[C@@H](NC(=O)OC)C6CCOCC6)[nH]5)cc4)ccc32)[nH]1)C(C)C. The Hall–Kier alpha value is -5.96. The molecule has 15 nitrogen and oxygen atoms in total. The lowest BCUT2D eigenvalue weighted by Gasteiger charge is -2.37. The van der Waals surface area contributed by atoms with E-state index in [9.17, 15) is 19.2 Å². The maximum atomic E-state index is 14.4. The maximum Gasteiger partial charge on any atom is 0.407 e. The van der Waals surface area contributed by atoms with Crippen molar-refractivity contribution in [2.45, 2.75) is 95.5 Å². The first-order valence-electron chi connectivity index (χ1n) is 22.5. The summed E-state index contributed by atoms with van der Waals surface area (Å²) in [6.45, 7) is 7.18. The molecule has 0 radical (unpaired) electrons. The highest BCUT2D eigenvalue weighted by Gasteiger charge is 2.62. The van der Waals surface area contributed by atoms with Gasteiger partial charge < -0.3 is 44.6 Å². The molecule has 2 aromatic heterocycles. The molecule has 330 valence electrons. The second-order valence-electron chi connectivity index (χ2n) is 18.6. The second-order valence-corrected chi connectivity index (χ2v) is 18.6. The van der Waals surface area contributed by atoms with Crippen molar-refractivity contribution in [2.24, 2.45) is 29.6 Å². The van der Waals surface area contributed by atoms with Crippen LogP contribution in [0.5, 0.6) is 0 Å². The first-order chi connectivity index (χ1) is 30.5. The first-order valence-corrected chi connectivity index (χ1v) is 22.5. The van der Waals surface area contributed by atoms with Crippen LogP contribution in [0.3, 0.4) is 0 Å². The van der Waals surface area contributed by atoms with Gasteiger partial charge in [0.1, 0.15) is 23.7 Å². The van der Waals surface area contributed by atoms with Crippen molar-refractivity contribution < 1.29 is 33.4 Å². The predicted octanol–water partition coefficient (Wildman–Crippen LogP) is 7.26. The Morgan fingerprint density at radius 3 is 2.29 bits per heavy atom. The Morgan fingerprint density at radius 1 is 0.810 bits per heavy atom. The number of benzene rings is 3.